The van der Waals surface area contributed by atoms with Gasteiger partial charge in [0.05, 0.1) is 6.54 Å². The minimum atomic E-state index is -0.253. The Hall–Kier alpha value is -1.95. The van der Waals surface area contributed by atoms with Gasteiger partial charge in [0.25, 0.3) is 0 Å². The van der Waals surface area contributed by atoms with E-state index in [0.717, 1.165) is 30.2 Å². The van der Waals surface area contributed by atoms with Gasteiger partial charge in [-0.15, -0.1) is 10.2 Å². The highest BCUT2D eigenvalue weighted by Gasteiger charge is 2.21. The first-order chi connectivity index (χ1) is 9.15. The van der Waals surface area contributed by atoms with Crippen molar-refractivity contribution < 1.29 is 4.39 Å². The van der Waals surface area contributed by atoms with Crippen LogP contribution in [0.1, 0.15) is 24.4 Å². The Bertz CT molecular complexity index is 592. The van der Waals surface area contributed by atoms with Crippen LogP contribution >= 0.6 is 0 Å². The van der Waals surface area contributed by atoms with Crippen molar-refractivity contribution in [3.63, 3.8) is 0 Å². The van der Waals surface area contributed by atoms with Crippen LogP contribution < -0.4 is 10.6 Å². The lowest BCUT2D eigenvalue weighted by Crippen LogP contribution is -2.34. The molecule has 100 valence electrons. The van der Waals surface area contributed by atoms with Crippen LogP contribution in [0.3, 0.4) is 0 Å². The maximum Gasteiger partial charge on any atom is 0.152 e. The first-order valence-electron chi connectivity index (χ1n) is 6.32. The van der Waals surface area contributed by atoms with E-state index in [1.54, 1.807) is 12.4 Å². The fourth-order valence-electron chi connectivity index (χ4n) is 2.45. The summed E-state index contributed by atoms with van der Waals surface area (Å²) in [7, 11) is 0. The summed E-state index contributed by atoms with van der Waals surface area (Å²) in [6.45, 7) is 4.21. The third-order valence-electron chi connectivity index (χ3n) is 3.46. The second kappa shape index (κ2) is 4.62. The summed E-state index contributed by atoms with van der Waals surface area (Å²) >= 11 is 0. The molecule has 0 bridgehead atoms. The summed E-state index contributed by atoms with van der Waals surface area (Å²) in [5, 5.41) is 8.00. The van der Waals surface area contributed by atoms with E-state index >= 15 is 0 Å². The maximum atomic E-state index is 13.4. The van der Waals surface area contributed by atoms with E-state index in [1.165, 1.54) is 12.1 Å². The maximum absolute atomic E-state index is 13.4. The largest absolute Gasteiger partial charge is 0.362 e. The van der Waals surface area contributed by atoms with Crippen LogP contribution in [0.2, 0.25) is 0 Å². The molecule has 0 saturated carbocycles. The van der Waals surface area contributed by atoms with Gasteiger partial charge in [0, 0.05) is 24.8 Å². The molecule has 6 heteroatoms. The zero-order valence-electron chi connectivity index (χ0n) is 10.8. The third kappa shape index (κ3) is 2.19. The molecule has 2 heterocycles. The lowest BCUT2D eigenvalue weighted by molar-refractivity contribution is 0.556. The Labute approximate surface area is 110 Å². The summed E-state index contributed by atoms with van der Waals surface area (Å²) in [6.07, 6.45) is 1.74. The molecule has 0 saturated heterocycles. The van der Waals surface area contributed by atoms with Crippen LogP contribution in [0.4, 0.5) is 10.1 Å². The van der Waals surface area contributed by atoms with Gasteiger partial charge in [0.1, 0.15) is 12.1 Å². The van der Waals surface area contributed by atoms with Crippen LogP contribution in [0.25, 0.3) is 0 Å². The van der Waals surface area contributed by atoms with Crippen molar-refractivity contribution in [1.29, 1.82) is 0 Å². The molecular weight excluding hydrogens is 245 g/mol. The molecule has 0 aliphatic carbocycles. The summed E-state index contributed by atoms with van der Waals surface area (Å²) in [6, 6.07) is 4.57. The molecule has 1 aromatic heterocycles. The molecule has 3 rings (SSSR count). The van der Waals surface area contributed by atoms with Crippen molar-refractivity contribution in [2.45, 2.75) is 26.1 Å². The van der Waals surface area contributed by atoms with E-state index < -0.39 is 0 Å². The average Bonchev–Trinajstić information content (AvgIpc) is 2.85. The second-order valence-electron chi connectivity index (χ2n) is 4.85. The van der Waals surface area contributed by atoms with Crippen molar-refractivity contribution in [1.82, 2.24) is 14.8 Å². The number of fused-ring (bicyclic) bond motifs is 1. The molecular formula is C13H16FN5. The summed E-state index contributed by atoms with van der Waals surface area (Å²) in [4.78, 5) is 2.17. The fourth-order valence-corrected chi connectivity index (χ4v) is 2.45. The lowest BCUT2D eigenvalue weighted by atomic mass is 10.0. The smallest absolute Gasteiger partial charge is 0.152 e. The number of nitrogens with zero attached hydrogens (tertiary/aromatic N) is 4. The zero-order chi connectivity index (χ0) is 13.4. The third-order valence-corrected chi connectivity index (χ3v) is 3.46. The fraction of sp³-hybridized carbons (Fsp3) is 0.385. The number of benzene rings is 1. The van der Waals surface area contributed by atoms with E-state index in [2.05, 4.69) is 15.1 Å². The second-order valence-corrected chi connectivity index (χ2v) is 4.85. The predicted molar refractivity (Wildman–Crippen MR) is 70.1 cm³/mol. The number of hydrogen-bond donors (Lipinski definition) is 1. The van der Waals surface area contributed by atoms with Crippen LogP contribution in [0.5, 0.6) is 0 Å². The van der Waals surface area contributed by atoms with Crippen molar-refractivity contribution in [2.75, 3.05) is 11.4 Å². The minimum absolute atomic E-state index is 0.203. The normalized spacial score (nSPS) is 16.3. The molecule has 19 heavy (non-hydrogen) atoms. The van der Waals surface area contributed by atoms with Gasteiger partial charge < -0.3 is 15.2 Å². The molecule has 1 aliphatic rings. The number of anilines is 1. The molecule has 0 fully saturated rings. The molecule has 0 unspecified atom stereocenters. The van der Waals surface area contributed by atoms with Crippen molar-refractivity contribution in [3.05, 3.63) is 41.7 Å². The first kappa shape index (κ1) is 12.1. The van der Waals surface area contributed by atoms with Crippen molar-refractivity contribution in [3.8, 4) is 0 Å². The number of nitrogens with two attached hydrogens (primary N) is 1. The lowest BCUT2D eigenvalue weighted by Gasteiger charge is -2.31. The van der Waals surface area contributed by atoms with Gasteiger partial charge in [0.15, 0.2) is 5.82 Å². The van der Waals surface area contributed by atoms with Gasteiger partial charge in [-0.05, 0) is 30.7 Å². The van der Waals surface area contributed by atoms with Crippen LogP contribution in [0.15, 0.2) is 24.5 Å². The molecule has 1 atom stereocenters. The van der Waals surface area contributed by atoms with Gasteiger partial charge in [-0.2, -0.15) is 0 Å². The van der Waals surface area contributed by atoms with Gasteiger partial charge in [-0.1, -0.05) is 0 Å². The van der Waals surface area contributed by atoms with Crippen LogP contribution in [0, 0.1) is 5.82 Å². The summed E-state index contributed by atoms with van der Waals surface area (Å²) in [5.41, 5.74) is 7.74. The SMILES string of the molecule is C[C@@H](N)c1cc(F)ccc1N1CCn2cnnc2C1. The van der Waals surface area contributed by atoms with E-state index in [4.69, 9.17) is 5.73 Å². The standard InChI is InChI=1S/C13H16FN5/c1-9(15)11-6-10(14)2-3-12(11)18-4-5-19-8-16-17-13(19)7-18/h2-3,6,8-9H,4-5,7,15H2,1H3/t9-/m1/s1. The number of aromatic nitrogens is 3. The van der Waals surface area contributed by atoms with E-state index in [9.17, 15) is 4.39 Å². The molecule has 0 amide bonds. The summed E-state index contributed by atoms with van der Waals surface area (Å²) < 4.78 is 15.4. The quantitative estimate of drug-likeness (QED) is 0.889. The Balaban J connectivity index is 1.95. The molecule has 1 aromatic carbocycles. The Morgan fingerprint density at radius 3 is 3.00 bits per heavy atom. The van der Waals surface area contributed by atoms with Crippen LogP contribution in [-0.2, 0) is 13.1 Å². The number of rotatable bonds is 2. The van der Waals surface area contributed by atoms with Gasteiger partial charge in [-0.3, -0.25) is 0 Å². The highest BCUT2D eigenvalue weighted by Crippen LogP contribution is 2.28. The summed E-state index contributed by atoms with van der Waals surface area (Å²) in [5.74, 6) is 0.669. The zero-order valence-corrected chi connectivity index (χ0v) is 10.8. The highest BCUT2D eigenvalue weighted by molar-refractivity contribution is 5.55. The number of halogens is 1. The van der Waals surface area contributed by atoms with E-state index in [1.807, 2.05) is 11.5 Å². The molecule has 0 radical (unpaired) electrons. The molecule has 1 aliphatic heterocycles. The Morgan fingerprint density at radius 2 is 2.21 bits per heavy atom. The topological polar surface area (TPSA) is 60.0 Å². The van der Waals surface area contributed by atoms with E-state index in [-0.39, 0.29) is 11.9 Å². The molecule has 5 nitrogen and oxygen atoms in total. The Kier molecular flexibility index (Phi) is 2.94. The van der Waals surface area contributed by atoms with Gasteiger partial charge in [-0.25, -0.2) is 4.39 Å². The monoisotopic (exact) mass is 261 g/mol. The first-order valence-corrected chi connectivity index (χ1v) is 6.32. The molecule has 2 aromatic rings. The van der Waals surface area contributed by atoms with Gasteiger partial charge in [0.2, 0.25) is 0 Å². The van der Waals surface area contributed by atoms with Crippen molar-refractivity contribution in [2.24, 2.45) is 5.73 Å². The van der Waals surface area contributed by atoms with Gasteiger partial charge >= 0.3 is 0 Å². The Morgan fingerprint density at radius 1 is 1.37 bits per heavy atom. The highest BCUT2D eigenvalue weighted by atomic mass is 19.1. The van der Waals surface area contributed by atoms with E-state index in [0.29, 0.717) is 6.54 Å². The predicted octanol–water partition coefficient (Wildman–Crippen LogP) is 1.46. The average molecular weight is 261 g/mol. The van der Waals surface area contributed by atoms with Crippen molar-refractivity contribution >= 4 is 5.69 Å². The minimum Gasteiger partial charge on any atom is -0.362 e. The number of hydrogen-bond acceptors (Lipinski definition) is 4. The molecule has 2 N–H and O–H groups in total. The van der Waals surface area contributed by atoms with Crippen LogP contribution in [-0.4, -0.2) is 21.3 Å². The molecule has 0 spiro atoms.